The zero-order valence-corrected chi connectivity index (χ0v) is 17.8. The zero-order chi connectivity index (χ0) is 21.5. The van der Waals surface area contributed by atoms with Crippen LogP contribution in [0.3, 0.4) is 0 Å². The van der Waals surface area contributed by atoms with Gasteiger partial charge >= 0.3 is 5.63 Å². The Balaban J connectivity index is 1.44. The Morgan fingerprint density at radius 3 is 2.90 bits per heavy atom. The van der Waals surface area contributed by atoms with Crippen LogP contribution in [0.15, 0.2) is 45.9 Å². The Morgan fingerprint density at radius 1 is 1.19 bits per heavy atom. The highest BCUT2D eigenvalue weighted by atomic mass is 16.4. The first kappa shape index (κ1) is 19.9. The molecule has 1 unspecified atom stereocenters. The number of hydrogen-bond donors (Lipinski definition) is 1. The van der Waals surface area contributed by atoms with Gasteiger partial charge in [-0.2, -0.15) is 0 Å². The summed E-state index contributed by atoms with van der Waals surface area (Å²) < 4.78 is 7.58. The second-order valence-electron chi connectivity index (χ2n) is 8.41. The Kier molecular flexibility index (Phi) is 5.08. The number of aliphatic hydroxyl groups is 1. The zero-order valence-electron chi connectivity index (χ0n) is 17.8. The second-order valence-corrected chi connectivity index (χ2v) is 8.41. The summed E-state index contributed by atoms with van der Waals surface area (Å²) in [5.74, 6) is 0. The molecule has 7 nitrogen and oxygen atoms in total. The number of fused-ring (bicyclic) bond motifs is 2. The molecule has 1 aliphatic rings. The molecule has 1 aliphatic heterocycles. The standard InChI is InChI=1S/C24H26N4O3/c1-15-12-28-13-21(26-23(28)16(2)25-15)20-11-18-6-5-17(10-22(18)31-24(20)30)7-9-27-8-3-4-19(27)14-29/h5-6,10-13,19,29H,3-4,7-9,14H2,1-2H3. The molecule has 1 saturated heterocycles. The molecule has 5 rings (SSSR count). The largest absolute Gasteiger partial charge is 0.422 e. The molecule has 31 heavy (non-hydrogen) atoms. The average Bonchev–Trinajstić information content (AvgIpc) is 3.38. The molecule has 160 valence electrons. The highest BCUT2D eigenvalue weighted by molar-refractivity contribution is 5.81. The quantitative estimate of drug-likeness (QED) is 0.502. The number of hydrogen-bond acceptors (Lipinski definition) is 6. The van der Waals surface area contributed by atoms with E-state index in [1.54, 1.807) is 0 Å². The summed E-state index contributed by atoms with van der Waals surface area (Å²) in [7, 11) is 0. The number of benzene rings is 1. The van der Waals surface area contributed by atoms with Crippen molar-refractivity contribution in [2.45, 2.75) is 39.2 Å². The van der Waals surface area contributed by atoms with Gasteiger partial charge in [0.2, 0.25) is 0 Å². The van der Waals surface area contributed by atoms with Crippen LogP contribution in [0.2, 0.25) is 0 Å². The predicted molar refractivity (Wildman–Crippen MR) is 119 cm³/mol. The maximum absolute atomic E-state index is 12.8. The molecule has 3 aromatic heterocycles. The molecule has 0 saturated carbocycles. The van der Waals surface area contributed by atoms with Gasteiger partial charge in [-0.3, -0.25) is 9.88 Å². The number of aliphatic hydroxyl groups excluding tert-OH is 1. The summed E-state index contributed by atoms with van der Waals surface area (Å²) in [6.07, 6.45) is 6.80. The van der Waals surface area contributed by atoms with E-state index < -0.39 is 5.63 Å². The van der Waals surface area contributed by atoms with Gasteiger partial charge in [-0.25, -0.2) is 9.78 Å². The van der Waals surface area contributed by atoms with Crippen LogP contribution in [0.25, 0.3) is 27.9 Å². The monoisotopic (exact) mass is 418 g/mol. The number of aryl methyl sites for hydroxylation is 2. The van der Waals surface area contributed by atoms with Gasteiger partial charge in [0.15, 0.2) is 5.65 Å². The van der Waals surface area contributed by atoms with Crippen LogP contribution in [0.4, 0.5) is 0 Å². The lowest BCUT2D eigenvalue weighted by Crippen LogP contribution is -2.33. The number of aromatic nitrogens is 3. The van der Waals surface area contributed by atoms with Gasteiger partial charge in [-0.1, -0.05) is 12.1 Å². The van der Waals surface area contributed by atoms with Gasteiger partial charge in [-0.15, -0.1) is 0 Å². The third kappa shape index (κ3) is 3.75. The first-order valence-corrected chi connectivity index (χ1v) is 10.8. The summed E-state index contributed by atoms with van der Waals surface area (Å²) in [5.41, 5.74) is 4.80. The molecule has 7 heteroatoms. The fourth-order valence-corrected chi connectivity index (χ4v) is 4.59. The van der Waals surface area contributed by atoms with E-state index in [-0.39, 0.29) is 12.6 Å². The van der Waals surface area contributed by atoms with E-state index in [1.807, 2.05) is 48.8 Å². The van der Waals surface area contributed by atoms with E-state index in [1.165, 1.54) is 0 Å². The SMILES string of the molecule is Cc1cn2cc(-c3cc4ccc(CCN5CCCC5CO)cc4oc3=O)nc2c(C)n1. The van der Waals surface area contributed by atoms with Crippen molar-refractivity contribution in [1.29, 1.82) is 0 Å². The summed E-state index contributed by atoms with van der Waals surface area (Å²) in [6, 6.07) is 8.15. The van der Waals surface area contributed by atoms with Crippen LogP contribution in [0.5, 0.6) is 0 Å². The van der Waals surface area contributed by atoms with Crippen molar-refractivity contribution >= 4 is 16.6 Å². The number of imidazole rings is 1. The van der Waals surface area contributed by atoms with E-state index in [0.29, 0.717) is 16.8 Å². The molecular formula is C24H26N4O3. The van der Waals surface area contributed by atoms with Crippen molar-refractivity contribution in [2.75, 3.05) is 19.7 Å². The number of nitrogens with zero attached hydrogens (tertiary/aromatic N) is 4. The molecule has 1 N–H and O–H groups in total. The summed E-state index contributed by atoms with van der Waals surface area (Å²) in [6.45, 7) is 5.99. The number of rotatable bonds is 5. The smallest absolute Gasteiger partial charge is 0.345 e. The van der Waals surface area contributed by atoms with E-state index in [9.17, 15) is 9.90 Å². The first-order chi connectivity index (χ1) is 15.0. The Bertz CT molecular complexity index is 1320. The van der Waals surface area contributed by atoms with Crippen LogP contribution in [0.1, 0.15) is 29.8 Å². The fraction of sp³-hybridized carbons (Fsp3) is 0.375. The van der Waals surface area contributed by atoms with Crippen molar-refractivity contribution in [2.24, 2.45) is 0 Å². The Hall–Kier alpha value is -3.03. The van der Waals surface area contributed by atoms with Gasteiger partial charge in [0.25, 0.3) is 0 Å². The van der Waals surface area contributed by atoms with Gasteiger partial charge < -0.3 is 13.9 Å². The fourth-order valence-electron chi connectivity index (χ4n) is 4.59. The summed E-state index contributed by atoms with van der Waals surface area (Å²) in [5, 5.41) is 10.4. The topological polar surface area (TPSA) is 83.9 Å². The molecule has 1 atom stereocenters. The molecule has 0 amide bonds. The van der Waals surface area contributed by atoms with Crippen molar-refractivity contribution in [3.63, 3.8) is 0 Å². The van der Waals surface area contributed by atoms with E-state index >= 15 is 0 Å². The average molecular weight is 418 g/mol. The third-order valence-corrected chi connectivity index (χ3v) is 6.20. The van der Waals surface area contributed by atoms with Crippen molar-refractivity contribution in [3.05, 3.63) is 64.0 Å². The first-order valence-electron chi connectivity index (χ1n) is 10.8. The van der Waals surface area contributed by atoms with E-state index in [0.717, 1.165) is 60.3 Å². The van der Waals surface area contributed by atoms with Gasteiger partial charge in [-0.05, 0) is 57.4 Å². The van der Waals surface area contributed by atoms with Crippen LogP contribution >= 0.6 is 0 Å². The van der Waals surface area contributed by atoms with Gasteiger partial charge in [0.05, 0.1) is 29.3 Å². The molecule has 0 aliphatic carbocycles. The molecule has 4 heterocycles. The maximum Gasteiger partial charge on any atom is 0.345 e. The minimum absolute atomic E-state index is 0.216. The van der Waals surface area contributed by atoms with Crippen LogP contribution in [0, 0.1) is 13.8 Å². The molecule has 0 radical (unpaired) electrons. The minimum Gasteiger partial charge on any atom is -0.422 e. The van der Waals surface area contributed by atoms with Crippen LogP contribution in [-0.4, -0.2) is 50.1 Å². The Morgan fingerprint density at radius 2 is 2.06 bits per heavy atom. The molecule has 1 aromatic carbocycles. The predicted octanol–water partition coefficient (Wildman–Crippen LogP) is 3.12. The van der Waals surface area contributed by atoms with Crippen molar-refractivity contribution in [3.8, 4) is 11.3 Å². The maximum atomic E-state index is 12.8. The highest BCUT2D eigenvalue weighted by Gasteiger charge is 2.23. The van der Waals surface area contributed by atoms with E-state index in [4.69, 9.17) is 4.42 Å². The third-order valence-electron chi connectivity index (χ3n) is 6.20. The Labute approximate surface area is 180 Å². The van der Waals surface area contributed by atoms with Crippen LogP contribution < -0.4 is 5.63 Å². The second kappa shape index (κ2) is 7.90. The summed E-state index contributed by atoms with van der Waals surface area (Å²) in [4.78, 5) is 24.2. The number of likely N-dealkylation sites (tertiary alicyclic amines) is 1. The van der Waals surface area contributed by atoms with Crippen molar-refractivity contribution in [1.82, 2.24) is 19.3 Å². The van der Waals surface area contributed by atoms with Gasteiger partial charge in [0.1, 0.15) is 5.58 Å². The van der Waals surface area contributed by atoms with E-state index in [2.05, 4.69) is 20.9 Å². The van der Waals surface area contributed by atoms with Crippen LogP contribution in [-0.2, 0) is 6.42 Å². The molecule has 1 fully saturated rings. The van der Waals surface area contributed by atoms with Crippen molar-refractivity contribution < 1.29 is 9.52 Å². The lowest BCUT2D eigenvalue weighted by molar-refractivity contribution is 0.160. The molecule has 0 bridgehead atoms. The lowest BCUT2D eigenvalue weighted by atomic mass is 10.1. The molecular weight excluding hydrogens is 392 g/mol. The lowest BCUT2D eigenvalue weighted by Gasteiger charge is -2.22. The minimum atomic E-state index is -0.393. The highest BCUT2D eigenvalue weighted by Crippen LogP contribution is 2.24. The molecule has 0 spiro atoms. The summed E-state index contributed by atoms with van der Waals surface area (Å²) >= 11 is 0. The molecule has 4 aromatic rings. The normalized spacial score (nSPS) is 17.2. The van der Waals surface area contributed by atoms with Gasteiger partial charge in [0, 0.05) is 30.4 Å².